The van der Waals surface area contributed by atoms with Crippen molar-refractivity contribution in [2.24, 2.45) is 0 Å². The highest BCUT2D eigenvalue weighted by Gasteiger charge is 2.10. The quantitative estimate of drug-likeness (QED) is 0.681. The van der Waals surface area contributed by atoms with Gasteiger partial charge >= 0.3 is 4.87 Å². The molecular weight excluding hydrogens is 262 g/mol. The lowest BCUT2D eigenvalue weighted by atomic mass is 10.1. The molecule has 0 aliphatic rings. The molecule has 5 nitrogen and oxygen atoms in total. The highest BCUT2D eigenvalue weighted by molar-refractivity contribution is 7.07. The Balaban J connectivity index is 1.80. The van der Waals surface area contributed by atoms with E-state index in [2.05, 4.69) is 15.3 Å². The van der Waals surface area contributed by atoms with E-state index in [1.165, 1.54) is 0 Å². The number of aromatic nitrogens is 2. The molecule has 19 heavy (non-hydrogen) atoms. The van der Waals surface area contributed by atoms with Gasteiger partial charge in [0.1, 0.15) is 0 Å². The number of carbonyl (C=O) groups is 1. The maximum absolute atomic E-state index is 12.1. The van der Waals surface area contributed by atoms with E-state index in [0.29, 0.717) is 17.8 Å². The normalized spacial score (nSPS) is 10.7. The maximum atomic E-state index is 12.1. The van der Waals surface area contributed by atoms with Crippen LogP contribution in [0.15, 0.2) is 40.6 Å². The summed E-state index contributed by atoms with van der Waals surface area (Å²) in [5, 5.41) is 5.39. The monoisotopic (exact) mass is 273 g/mol. The second kappa shape index (κ2) is 4.74. The van der Waals surface area contributed by atoms with Crippen LogP contribution in [0.3, 0.4) is 0 Å². The van der Waals surface area contributed by atoms with Crippen LogP contribution < -0.4 is 10.2 Å². The molecule has 0 spiro atoms. The zero-order valence-corrected chi connectivity index (χ0v) is 10.7. The summed E-state index contributed by atoms with van der Waals surface area (Å²) < 4.78 is 0. The Morgan fingerprint density at radius 3 is 3.00 bits per heavy atom. The van der Waals surface area contributed by atoms with Crippen molar-refractivity contribution in [3.63, 3.8) is 0 Å². The Hall–Kier alpha value is -2.34. The summed E-state index contributed by atoms with van der Waals surface area (Å²) >= 11 is 1.09. The Bertz CT molecular complexity index is 784. The van der Waals surface area contributed by atoms with E-state index in [1.54, 1.807) is 17.6 Å². The molecule has 96 valence electrons. The Morgan fingerprint density at radius 2 is 2.21 bits per heavy atom. The summed E-state index contributed by atoms with van der Waals surface area (Å²) in [5.41, 5.74) is 2.26. The maximum Gasteiger partial charge on any atom is 0.304 e. The van der Waals surface area contributed by atoms with Crippen molar-refractivity contribution in [3.8, 4) is 0 Å². The first-order valence-electron chi connectivity index (χ1n) is 5.75. The highest BCUT2D eigenvalue weighted by atomic mass is 32.1. The Labute approximate surface area is 112 Å². The van der Waals surface area contributed by atoms with Gasteiger partial charge in [0, 0.05) is 33.7 Å². The van der Waals surface area contributed by atoms with Crippen molar-refractivity contribution in [3.05, 3.63) is 56.8 Å². The fourth-order valence-corrected chi connectivity index (χ4v) is 2.54. The predicted molar refractivity (Wildman–Crippen MR) is 74.4 cm³/mol. The molecular formula is C13H11N3O2S. The first kappa shape index (κ1) is 11.7. The molecule has 3 aromatic rings. The first-order valence-corrected chi connectivity index (χ1v) is 6.63. The number of fused-ring (bicyclic) bond motifs is 1. The molecule has 0 unspecified atom stereocenters. The van der Waals surface area contributed by atoms with E-state index >= 15 is 0 Å². The molecule has 0 bridgehead atoms. The van der Waals surface area contributed by atoms with E-state index in [9.17, 15) is 9.59 Å². The van der Waals surface area contributed by atoms with Crippen molar-refractivity contribution in [1.29, 1.82) is 0 Å². The molecule has 0 radical (unpaired) electrons. The molecule has 3 N–H and O–H groups in total. The van der Waals surface area contributed by atoms with Crippen molar-refractivity contribution in [2.45, 2.75) is 6.54 Å². The van der Waals surface area contributed by atoms with Crippen LogP contribution >= 0.6 is 11.3 Å². The molecule has 0 aliphatic heterocycles. The number of hydrogen-bond acceptors (Lipinski definition) is 3. The lowest BCUT2D eigenvalue weighted by molar-refractivity contribution is 0.0952. The number of nitrogens with one attached hydrogen (secondary N) is 3. The average molecular weight is 273 g/mol. The van der Waals surface area contributed by atoms with Crippen molar-refractivity contribution >= 4 is 28.1 Å². The van der Waals surface area contributed by atoms with Crippen LogP contribution in [0.4, 0.5) is 0 Å². The molecule has 1 amide bonds. The summed E-state index contributed by atoms with van der Waals surface area (Å²) in [6.07, 6.45) is 1.80. The van der Waals surface area contributed by atoms with Crippen LogP contribution in [0.1, 0.15) is 16.1 Å². The fourth-order valence-electron chi connectivity index (χ4n) is 1.95. The summed E-state index contributed by atoms with van der Waals surface area (Å²) in [6.45, 7) is 0.318. The third kappa shape index (κ3) is 2.30. The van der Waals surface area contributed by atoms with Gasteiger partial charge in [-0.05, 0) is 18.2 Å². The van der Waals surface area contributed by atoms with Gasteiger partial charge in [-0.15, -0.1) is 0 Å². The molecule has 0 saturated heterocycles. The molecule has 0 fully saturated rings. The van der Waals surface area contributed by atoms with Crippen molar-refractivity contribution < 1.29 is 4.79 Å². The van der Waals surface area contributed by atoms with Crippen LogP contribution in [-0.4, -0.2) is 15.9 Å². The number of thiazole rings is 1. The van der Waals surface area contributed by atoms with Gasteiger partial charge in [0.05, 0.1) is 6.54 Å². The number of benzene rings is 1. The van der Waals surface area contributed by atoms with Gasteiger partial charge in [-0.2, -0.15) is 0 Å². The van der Waals surface area contributed by atoms with Crippen LogP contribution in [0, 0.1) is 0 Å². The Morgan fingerprint density at radius 1 is 1.32 bits per heavy atom. The lowest BCUT2D eigenvalue weighted by Gasteiger charge is -2.04. The zero-order chi connectivity index (χ0) is 13.2. The number of H-pyrrole nitrogens is 2. The van der Waals surface area contributed by atoms with Gasteiger partial charge < -0.3 is 15.3 Å². The smallest absolute Gasteiger partial charge is 0.304 e. The zero-order valence-electron chi connectivity index (χ0n) is 9.90. The van der Waals surface area contributed by atoms with Crippen LogP contribution in [0.5, 0.6) is 0 Å². The third-order valence-electron chi connectivity index (χ3n) is 2.85. The first-order chi connectivity index (χ1) is 9.24. The molecule has 2 aromatic heterocycles. The molecule has 3 rings (SSSR count). The van der Waals surface area contributed by atoms with Crippen molar-refractivity contribution in [1.82, 2.24) is 15.3 Å². The van der Waals surface area contributed by atoms with E-state index in [1.807, 2.05) is 18.2 Å². The lowest BCUT2D eigenvalue weighted by Crippen LogP contribution is -2.23. The van der Waals surface area contributed by atoms with Crippen LogP contribution in [-0.2, 0) is 6.54 Å². The minimum Gasteiger partial charge on any atom is -0.361 e. The van der Waals surface area contributed by atoms with E-state index in [0.717, 1.165) is 22.2 Å². The van der Waals surface area contributed by atoms with Gasteiger partial charge in [-0.1, -0.05) is 17.4 Å². The molecule has 2 heterocycles. The summed E-state index contributed by atoms with van der Waals surface area (Å²) in [5.74, 6) is -0.155. The number of amides is 1. The largest absolute Gasteiger partial charge is 0.361 e. The Kier molecular flexibility index (Phi) is 2.92. The predicted octanol–water partition coefficient (Wildman–Crippen LogP) is 1.85. The summed E-state index contributed by atoms with van der Waals surface area (Å²) in [4.78, 5) is 28.7. The number of rotatable bonds is 3. The molecule has 1 aromatic carbocycles. The highest BCUT2D eigenvalue weighted by Crippen LogP contribution is 2.17. The minimum atomic E-state index is -0.155. The molecule has 0 saturated carbocycles. The van der Waals surface area contributed by atoms with Gasteiger partial charge in [0.15, 0.2) is 0 Å². The standard InChI is InChI=1S/C13H11N3O2S/c17-12(15-6-8-7-19-13(18)16-8)10-2-1-3-11-9(10)4-5-14-11/h1-5,7,14H,6H2,(H,15,17)(H,16,18). The van der Waals surface area contributed by atoms with Crippen molar-refractivity contribution in [2.75, 3.05) is 0 Å². The summed E-state index contributed by atoms with van der Waals surface area (Å²) in [7, 11) is 0. The van der Waals surface area contributed by atoms with E-state index in [-0.39, 0.29) is 10.8 Å². The fraction of sp³-hybridized carbons (Fsp3) is 0.0769. The van der Waals surface area contributed by atoms with Gasteiger partial charge in [-0.25, -0.2) is 0 Å². The molecule has 6 heteroatoms. The van der Waals surface area contributed by atoms with Gasteiger partial charge in [0.2, 0.25) is 0 Å². The minimum absolute atomic E-state index is 0.114. The second-order valence-electron chi connectivity index (χ2n) is 4.10. The second-order valence-corrected chi connectivity index (χ2v) is 4.94. The van der Waals surface area contributed by atoms with Gasteiger partial charge in [0.25, 0.3) is 5.91 Å². The number of hydrogen-bond donors (Lipinski definition) is 3. The third-order valence-corrected chi connectivity index (χ3v) is 3.57. The van der Waals surface area contributed by atoms with Gasteiger partial charge in [-0.3, -0.25) is 9.59 Å². The SMILES string of the molecule is O=C(NCc1csc(=O)[nH]1)c1cccc2[nH]ccc12. The van der Waals surface area contributed by atoms with E-state index in [4.69, 9.17) is 0 Å². The summed E-state index contributed by atoms with van der Waals surface area (Å²) in [6, 6.07) is 7.40. The van der Waals surface area contributed by atoms with Crippen LogP contribution in [0.2, 0.25) is 0 Å². The average Bonchev–Trinajstić information content (AvgIpc) is 3.03. The number of carbonyl (C=O) groups excluding carboxylic acids is 1. The molecule has 0 atom stereocenters. The number of aromatic amines is 2. The van der Waals surface area contributed by atoms with E-state index < -0.39 is 0 Å². The molecule has 0 aliphatic carbocycles. The van der Waals surface area contributed by atoms with Crippen LogP contribution in [0.25, 0.3) is 10.9 Å². The topological polar surface area (TPSA) is 77.8 Å².